The average Bonchev–Trinajstić information content (AvgIpc) is 2.04. The number of hydrogen-bond donors (Lipinski definition) is 2. The van der Waals surface area contributed by atoms with Crippen LogP contribution in [0.1, 0.15) is 0 Å². The molecular weight excluding hydrogens is 172 g/mol. The van der Waals surface area contributed by atoms with Crippen LogP contribution in [-0.4, -0.2) is 15.7 Å². The summed E-state index contributed by atoms with van der Waals surface area (Å²) in [7, 11) is 0. The van der Waals surface area contributed by atoms with Gasteiger partial charge in [0.2, 0.25) is 0 Å². The predicted octanol–water partition coefficient (Wildman–Crippen LogP) is 0.732. The van der Waals surface area contributed by atoms with Crippen LogP contribution in [0.25, 0.3) is 0 Å². The highest BCUT2D eigenvalue weighted by atomic mass is 16.6. The molecule has 0 radical (unpaired) electrons. The second-order valence-electron chi connectivity index (χ2n) is 2.81. The van der Waals surface area contributed by atoms with E-state index in [9.17, 15) is 15.2 Å². The van der Waals surface area contributed by atoms with Crippen LogP contribution in [0.2, 0.25) is 0 Å². The van der Waals surface area contributed by atoms with Crippen LogP contribution in [-0.2, 0) is 0 Å². The lowest BCUT2D eigenvalue weighted by Crippen LogP contribution is -2.53. The molecule has 0 heterocycles. The maximum atomic E-state index is 10.6. The lowest BCUT2D eigenvalue weighted by molar-refractivity contribution is -0.561. The lowest BCUT2D eigenvalue weighted by Gasteiger charge is -2.25. The van der Waals surface area contributed by atoms with E-state index in [-0.39, 0.29) is 5.76 Å². The van der Waals surface area contributed by atoms with Crippen LogP contribution in [0.4, 0.5) is 0 Å². The van der Waals surface area contributed by atoms with E-state index in [4.69, 9.17) is 5.73 Å². The number of aliphatic hydroxyl groups is 1. The molecular formula is C8H10N2O3. The van der Waals surface area contributed by atoms with Gasteiger partial charge in [0.05, 0.1) is 0 Å². The normalized spacial score (nSPS) is 32.4. The third-order valence-corrected chi connectivity index (χ3v) is 2.00. The van der Waals surface area contributed by atoms with Gasteiger partial charge in [-0.3, -0.25) is 15.8 Å². The second-order valence-corrected chi connectivity index (χ2v) is 2.81. The molecule has 5 nitrogen and oxygen atoms in total. The minimum Gasteiger partial charge on any atom is -0.511 e. The van der Waals surface area contributed by atoms with Gasteiger partial charge in [-0.1, -0.05) is 12.2 Å². The summed E-state index contributed by atoms with van der Waals surface area (Å²) in [5.74, 6) is -1.01. The number of nitrogens with two attached hydrogens (primary N) is 1. The quantitative estimate of drug-likeness (QED) is 0.285. The Morgan fingerprint density at radius 3 is 2.85 bits per heavy atom. The fourth-order valence-corrected chi connectivity index (χ4v) is 1.23. The predicted molar refractivity (Wildman–Crippen MR) is 47.5 cm³/mol. The van der Waals surface area contributed by atoms with Crippen LogP contribution in [0.5, 0.6) is 0 Å². The molecule has 1 aliphatic carbocycles. The molecule has 0 aromatic heterocycles. The first-order valence-electron chi connectivity index (χ1n) is 3.66. The molecule has 0 bridgehead atoms. The molecule has 70 valence electrons. The van der Waals surface area contributed by atoms with E-state index in [1.807, 2.05) is 0 Å². The fourth-order valence-electron chi connectivity index (χ4n) is 1.23. The first kappa shape index (κ1) is 9.47. The van der Waals surface area contributed by atoms with Crippen LogP contribution < -0.4 is 5.73 Å². The Labute approximate surface area is 75.0 Å². The molecule has 0 saturated carbocycles. The standard InChI is InChI=1S/C8H10N2O3/c1-2-6-7(11)4-3-5-8(6,9)10(12)13/h2-6,11H,1,9H2. The summed E-state index contributed by atoms with van der Waals surface area (Å²) in [4.78, 5) is 9.99. The van der Waals surface area contributed by atoms with Crippen molar-refractivity contribution >= 4 is 0 Å². The summed E-state index contributed by atoms with van der Waals surface area (Å²) in [5.41, 5.74) is 3.71. The number of rotatable bonds is 2. The molecule has 0 spiro atoms. The fraction of sp³-hybridized carbons (Fsp3) is 0.250. The van der Waals surface area contributed by atoms with E-state index in [2.05, 4.69) is 6.58 Å². The van der Waals surface area contributed by atoms with Crippen molar-refractivity contribution in [2.45, 2.75) is 5.66 Å². The second kappa shape index (κ2) is 3.02. The molecule has 1 aliphatic rings. The largest absolute Gasteiger partial charge is 0.511 e. The summed E-state index contributed by atoms with van der Waals surface area (Å²) < 4.78 is 0. The molecule has 0 fully saturated rings. The molecule has 0 saturated heterocycles. The van der Waals surface area contributed by atoms with Gasteiger partial charge in [0, 0.05) is 11.0 Å². The Kier molecular flexibility index (Phi) is 2.20. The zero-order valence-electron chi connectivity index (χ0n) is 6.88. The van der Waals surface area contributed by atoms with E-state index in [1.165, 1.54) is 24.3 Å². The van der Waals surface area contributed by atoms with Crippen LogP contribution >= 0.6 is 0 Å². The molecule has 0 amide bonds. The zero-order chi connectivity index (χ0) is 10.1. The molecule has 3 N–H and O–H groups in total. The Balaban J connectivity index is 3.13. The maximum absolute atomic E-state index is 10.6. The van der Waals surface area contributed by atoms with Crippen molar-refractivity contribution < 1.29 is 10.0 Å². The van der Waals surface area contributed by atoms with Crippen molar-refractivity contribution in [3.05, 3.63) is 46.8 Å². The highest BCUT2D eigenvalue weighted by Gasteiger charge is 2.46. The molecule has 0 aromatic rings. The van der Waals surface area contributed by atoms with Crippen molar-refractivity contribution in [1.82, 2.24) is 0 Å². The summed E-state index contributed by atoms with van der Waals surface area (Å²) in [5, 5.41) is 19.9. The molecule has 13 heavy (non-hydrogen) atoms. The van der Waals surface area contributed by atoms with Crippen LogP contribution in [0.15, 0.2) is 36.6 Å². The minimum atomic E-state index is -1.78. The highest BCUT2D eigenvalue weighted by molar-refractivity contribution is 5.26. The van der Waals surface area contributed by atoms with Gasteiger partial charge in [-0.05, 0) is 6.08 Å². The van der Waals surface area contributed by atoms with Gasteiger partial charge in [0.15, 0.2) is 0 Å². The van der Waals surface area contributed by atoms with Gasteiger partial charge in [-0.2, -0.15) is 0 Å². The van der Waals surface area contributed by atoms with Crippen molar-refractivity contribution in [2.24, 2.45) is 11.7 Å². The van der Waals surface area contributed by atoms with E-state index in [0.717, 1.165) is 0 Å². The number of nitrogens with zero attached hydrogens (tertiary/aromatic N) is 1. The third-order valence-electron chi connectivity index (χ3n) is 2.00. The average molecular weight is 182 g/mol. The van der Waals surface area contributed by atoms with Gasteiger partial charge in [-0.25, -0.2) is 0 Å². The Hall–Kier alpha value is -1.62. The zero-order valence-corrected chi connectivity index (χ0v) is 6.88. The molecule has 2 atom stereocenters. The molecule has 2 unspecified atom stereocenters. The monoisotopic (exact) mass is 182 g/mol. The third kappa shape index (κ3) is 1.33. The minimum absolute atomic E-state index is 0.142. The molecule has 5 heteroatoms. The van der Waals surface area contributed by atoms with Gasteiger partial charge in [0.1, 0.15) is 11.7 Å². The van der Waals surface area contributed by atoms with Crippen molar-refractivity contribution in [1.29, 1.82) is 0 Å². The van der Waals surface area contributed by atoms with E-state index < -0.39 is 16.5 Å². The Morgan fingerprint density at radius 2 is 2.46 bits per heavy atom. The first-order chi connectivity index (χ1) is 6.02. The number of nitro groups is 1. The van der Waals surface area contributed by atoms with Gasteiger partial charge in [-0.15, -0.1) is 6.58 Å². The van der Waals surface area contributed by atoms with E-state index in [1.54, 1.807) is 0 Å². The molecule has 0 aromatic carbocycles. The van der Waals surface area contributed by atoms with Crippen LogP contribution in [0, 0.1) is 16.0 Å². The van der Waals surface area contributed by atoms with E-state index in [0.29, 0.717) is 0 Å². The number of allylic oxidation sites excluding steroid dienone is 2. The molecule has 1 rings (SSSR count). The van der Waals surface area contributed by atoms with Gasteiger partial charge >= 0.3 is 5.66 Å². The Bertz CT molecular complexity index is 309. The first-order valence-corrected chi connectivity index (χ1v) is 3.66. The van der Waals surface area contributed by atoms with Gasteiger partial charge in [0.25, 0.3) is 0 Å². The SMILES string of the molecule is C=CC1C(O)=CC=CC1(N)[N+](=O)[O-]. The summed E-state index contributed by atoms with van der Waals surface area (Å²) in [6.07, 6.45) is 5.22. The van der Waals surface area contributed by atoms with E-state index >= 15 is 0 Å². The summed E-state index contributed by atoms with van der Waals surface area (Å²) >= 11 is 0. The number of hydrogen-bond acceptors (Lipinski definition) is 4. The summed E-state index contributed by atoms with van der Waals surface area (Å²) in [6.45, 7) is 3.39. The lowest BCUT2D eigenvalue weighted by atomic mass is 9.88. The van der Waals surface area contributed by atoms with Gasteiger partial charge < -0.3 is 5.11 Å². The number of aliphatic hydroxyl groups excluding tert-OH is 1. The van der Waals surface area contributed by atoms with Crippen molar-refractivity contribution in [3.63, 3.8) is 0 Å². The highest BCUT2D eigenvalue weighted by Crippen LogP contribution is 2.27. The topological polar surface area (TPSA) is 89.4 Å². The maximum Gasteiger partial charge on any atom is 0.305 e. The Morgan fingerprint density at radius 1 is 1.85 bits per heavy atom. The van der Waals surface area contributed by atoms with Crippen molar-refractivity contribution in [3.8, 4) is 0 Å². The van der Waals surface area contributed by atoms with Crippen molar-refractivity contribution in [2.75, 3.05) is 0 Å². The summed E-state index contributed by atoms with van der Waals surface area (Å²) in [6, 6.07) is 0. The van der Waals surface area contributed by atoms with Crippen LogP contribution in [0.3, 0.4) is 0 Å². The smallest absolute Gasteiger partial charge is 0.305 e. The molecule has 0 aliphatic heterocycles.